The predicted molar refractivity (Wildman–Crippen MR) is 92.5 cm³/mol. The van der Waals surface area contributed by atoms with Crippen LogP contribution in [0.4, 0.5) is 16.4 Å². The first-order chi connectivity index (χ1) is 11.6. The lowest BCUT2D eigenvalue weighted by atomic mass is 10.3. The molecule has 0 saturated heterocycles. The summed E-state index contributed by atoms with van der Waals surface area (Å²) in [5, 5.41) is 9.58. The number of hydrogen-bond donors (Lipinski definition) is 0. The zero-order valence-electron chi connectivity index (χ0n) is 13.1. The van der Waals surface area contributed by atoms with Gasteiger partial charge >= 0.3 is 5.97 Å². The fraction of sp³-hybridized carbons (Fsp3) is 0.176. The highest BCUT2D eigenvalue weighted by Gasteiger charge is 2.04. The standard InChI is InChI=1S/C17H15N3O3S/c1-12(2)17(21)23-11-10-22-16-9-8-15(24-16)20-19-14-6-4-13(18-3)5-7-14/h4-9H,1,10-11H2,2H3. The highest BCUT2D eigenvalue weighted by Crippen LogP contribution is 2.32. The average Bonchev–Trinajstić information content (AvgIpc) is 3.05. The van der Waals surface area contributed by atoms with Crippen LogP contribution in [0.5, 0.6) is 5.06 Å². The summed E-state index contributed by atoms with van der Waals surface area (Å²) in [4.78, 5) is 14.5. The molecule has 0 aliphatic rings. The first kappa shape index (κ1) is 17.4. The van der Waals surface area contributed by atoms with Crippen LogP contribution < -0.4 is 4.74 Å². The summed E-state index contributed by atoms with van der Waals surface area (Å²) >= 11 is 1.34. The minimum Gasteiger partial charge on any atom is -0.480 e. The van der Waals surface area contributed by atoms with Crippen molar-refractivity contribution in [2.24, 2.45) is 10.2 Å². The lowest BCUT2D eigenvalue weighted by molar-refractivity contribution is -0.139. The largest absolute Gasteiger partial charge is 0.480 e. The molecule has 1 heterocycles. The van der Waals surface area contributed by atoms with Crippen LogP contribution >= 0.6 is 11.3 Å². The lowest BCUT2D eigenvalue weighted by Gasteiger charge is -2.04. The van der Waals surface area contributed by atoms with Gasteiger partial charge in [0.1, 0.15) is 18.2 Å². The monoisotopic (exact) mass is 341 g/mol. The quantitative estimate of drug-likeness (QED) is 0.228. The molecule has 0 aliphatic carbocycles. The van der Waals surface area contributed by atoms with Gasteiger partial charge in [0.25, 0.3) is 0 Å². The molecule has 0 N–H and O–H groups in total. The maximum absolute atomic E-state index is 11.2. The Morgan fingerprint density at radius 2 is 1.96 bits per heavy atom. The van der Waals surface area contributed by atoms with Crippen LogP contribution in [0, 0.1) is 6.57 Å². The van der Waals surface area contributed by atoms with Crippen LogP contribution in [0.2, 0.25) is 0 Å². The topological polar surface area (TPSA) is 64.6 Å². The van der Waals surface area contributed by atoms with E-state index in [2.05, 4.69) is 21.7 Å². The first-order valence-corrected chi connectivity index (χ1v) is 7.84. The number of hydrogen-bond acceptors (Lipinski definition) is 6. The molecule has 0 unspecified atom stereocenters. The molecule has 1 aromatic carbocycles. The second kappa shape index (κ2) is 8.60. The Balaban J connectivity index is 1.82. The van der Waals surface area contributed by atoms with Gasteiger partial charge in [-0.1, -0.05) is 30.0 Å². The summed E-state index contributed by atoms with van der Waals surface area (Å²) in [6.07, 6.45) is 0. The van der Waals surface area contributed by atoms with Crippen molar-refractivity contribution < 1.29 is 14.3 Å². The van der Waals surface area contributed by atoms with Crippen molar-refractivity contribution in [2.75, 3.05) is 13.2 Å². The van der Waals surface area contributed by atoms with E-state index >= 15 is 0 Å². The van der Waals surface area contributed by atoms with Gasteiger partial charge in [0.2, 0.25) is 0 Å². The van der Waals surface area contributed by atoms with Gasteiger partial charge in [0, 0.05) is 5.57 Å². The number of thiophene rings is 1. The number of esters is 1. The van der Waals surface area contributed by atoms with Gasteiger partial charge in [0.15, 0.2) is 10.8 Å². The Morgan fingerprint density at radius 3 is 2.62 bits per heavy atom. The van der Waals surface area contributed by atoms with Crippen molar-refractivity contribution in [2.45, 2.75) is 6.92 Å². The molecule has 0 spiro atoms. The third-order valence-corrected chi connectivity index (χ3v) is 3.60. The van der Waals surface area contributed by atoms with Gasteiger partial charge in [-0.15, -0.1) is 10.2 Å². The van der Waals surface area contributed by atoms with Gasteiger partial charge in [0.05, 0.1) is 12.3 Å². The van der Waals surface area contributed by atoms with E-state index < -0.39 is 5.97 Å². The van der Waals surface area contributed by atoms with Crippen molar-refractivity contribution in [3.63, 3.8) is 0 Å². The predicted octanol–water partition coefficient (Wildman–Crippen LogP) is 5.21. The molecule has 0 saturated carbocycles. The van der Waals surface area contributed by atoms with Crippen molar-refractivity contribution in [3.05, 3.63) is 60.0 Å². The van der Waals surface area contributed by atoms with Crippen LogP contribution in [0.3, 0.4) is 0 Å². The summed E-state index contributed by atoms with van der Waals surface area (Å²) in [7, 11) is 0. The van der Waals surface area contributed by atoms with Gasteiger partial charge in [-0.25, -0.2) is 9.64 Å². The van der Waals surface area contributed by atoms with Crippen LogP contribution in [-0.2, 0) is 9.53 Å². The van der Waals surface area contributed by atoms with Crippen molar-refractivity contribution in [1.82, 2.24) is 0 Å². The van der Waals surface area contributed by atoms with Crippen LogP contribution in [0.15, 0.2) is 58.8 Å². The maximum Gasteiger partial charge on any atom is 0.333 e. The molecule has 24 heavy (non-hydrogen) atoms. The molecule has 122 valence electrons. The molecule has 6 nitrogen and oxygen atoms in total. The van der Waals surface area contributed by atoms with Gasteiger partial charge in [-0.05, 0) is 31.2 Å². The molecule has 0 amide bonds. The summed E-state index contributed by atoms with van der Waals surface area (Å²) in [5.41, 5.74) is 1.59. The van der Waals surface area contributed by atoms with Crippen molar-refractivity contribution in [3.8, 4) is 5.06 Å². The first-order valence-electron chi connectivity index (χ1n) is 7.03. The maximum atomic E-state index is 11.2. The van der Waals surface area contributed by atoms with E-state index in [1.165, 1.54) is 11.3 Å². The minimum atomic E-state index is -0.427. The van der Waals surface area contributed by atoms with E-state index in [0.29, 0.717) is 27.0 Å². The Morgan fingerprint density at radius 1 is 1.21 bits per heavy atom. The smallest absolute Gasteiger partial charge is 0.333 e. The summed E-state index contributed by atoms with van der Waals surface area (Å²) in [6.45, 7) is 12.4. The Hall–Kier alpha value is -2.98. The second-order valence-electron chi connectivity index (χ2n) is 4.69. The van der Waals surface area contributed by atoms with Gasteiger partial charge in [-0.3, -0.25) is 0 Å². The van der Waals surface area contributed by atoms with Crippen LogP contribution in [0.25, 0.3) is 4.85 Å². The molecule has 1 aromatic heterocycles. The third-order valence-electron chi connectivity index (χ3n) is 2.72. The van der Waals surface area contributed by atoms with E-state index in [1.54, 1.807) is 43.3 Å². The number of benzene rings is 1. The third kappa shape index (κ3) is 5.34. The normalized spacial score (nSPS) is 10.3. The van der Waals surface area contributed by atoms with Crippen LogP contribution in [0.1, 0.15) is 6.92 Å². The molecule has 0 bridgehead atoms. The molecule has 0 atom stereocenters. The summed E-state index contributed by atoms with van der Waals surface area (Å²) in [6, 6.07) is 10.4. The fourth-order valence-corrected chi connectivity index (χ4v) is 2.24. The summed E-state index contributed by atoms with van der Waals surface area (Å²) in [5.74, 6) is -0.427. The van der Waals surface area contributed by atoms with E-state index in [0.717, 1.165) is 0 Å². The minimum absolute atomic E-state index is 0.161. The molecular formula is C17H15N3O3S. The number of rotatable bonds is 7. The molecule has 2 rings (SSSR count). The molecule has 0 fully saturated rings. The Labute approximate surface area is 143 Å². The molecule has 2 aromatic rings. The lowest BCUT2D eigenvalue weighted by Crippen LogP contribution is -2.11. The highest BCUT2D eigenvalue weighted by atomic mass is 32.1. The average molecular weight is 341 g/mol. The zero-order chi connectivity index (χ0) is 17.4. The van der Waals surface area contributed by atoms with E-state index in [1.807, 2.05) is 0 Å². The van der Waals surface area contributed by atoms with E-state index in [-0.39, 0.29) is 13.2 Å². The van der Waals surface area contributed by atoms with Gasteiger partial charge < -0.3 is 9.47 Å². The molecule has 0 radical (unpaired) electrons. The number of carbonyl (C=O) groups excluding carboxylic acids is 1. The Kier molecular flexibility index (Phi) is 6.23. The summed E-state index contributed by atoms with van der Waals surface area (Å²) < 4.78 is 10.4. The fourth-order valence-electron chi connectivity index (χ4n) is 1.54. The molecule has 0 aliphatic heterocycles. The van der Waals surface area contributed by atoms with E-state index in [4.69, 9.17) is 16.0 Å². The highest BCUT2D eigenvalue weighted by molar-refractivity contribution is 7.17. The van der Waals surface area contributed by atoms with E-state index in [9.17, 15) is 4.79 Å². The van der Waals surface area contributed by atoms with Crippen molar-refractivity contribution in [1.29, 1.82) is 0 Å². The number of ether oxygens (including phenoxy) is 2. The SMILES string of the molecule is [C-]#[N+]c1ccc(N=Nc2ccc(OCCOC(=O)C(=C)C)s2)cc1. The zero-order valence-corrected chi connectivity index (χ0v) is 13.9. The Bertz CT molecular complexity index is 788. The molecule has 7 heteroatoms. The number of azo groups is 1. The van der Waals surface area contributed by atoms with Gasteiger partial charge in [-0.2, -0.15) is 0 Å². The number of nitrogens with zero attached hydrogens (tertiary/aromatic N) is 3. The second-order valence-corrected chi connectivity index (χ2v) is 5.71. The van der Waals surface area contributed by atoms with Crippen molar-refractivity contribution >= 4 is 33.7 Å². The van der Waals surface area contributed by atoms with Crippen LogP contribution in [-0.4, -0.2) is 19.2 Å². The number of carbonyl (C=O) groups is 1. The molecular weight excluding hydrogens is 326 g/mol.